The number of nitrogens with zero attached hydrogens (tertiary/aromatic N) is 1. The Morgan fingerprint density at radius 3 is 3.11 bits per heavy atom. The molecule has 0 amide bonds. The van der Waals surface area contributed by atoms with E-state index in [1.165, 1.54) is 31.0 Å². The first-order valence-corrected chi connectivity index (χ1v) is 4.03. The van der Waals surface area contributed by atoms with Gasteiger partial charge in [-0.15, -0.1) is 0 Å². The summed E-state index contributed by atoms with van der Waals surface area (Å²) in [6, 6.07) is 0. The first-order valence-electron chi connectivity index (χ1n) is 3.15. The van der Waals surface area contributed by atoms with Crippen LogP contribution in [0.15, 0.2) is 12.2 Å². The minimum absolute atomic E-state index is 0.476. The van der Waals surface area contributed by atoms with E-state index in [1.54, 1.807) is 0 Å². The van der Waals surface area contributed by atoms with Crippen molar-refractivity contribution in [2.75, 3.05) is 0 Å². The van der Waals surface area contributed by atoms with Crippen molar-refractivity contribution in [3.8, 4) is 5.40 Å². The second-order valence-corrected chi connectivity index (χ2v) is 3.13. The molecule has 0 heterocycles. The fourth-order valence-electron chi connectivity index (χ4n) is 0.947. The highest BCUT2D eigenvalue weighted by molar-refractivity contribution is 8.04. The van der Waals surface area contributed by atoms with Crippen molar-refractivity contribution in [3.63, 3.8) is 0 Å². The molecule has 1 atom stereocenters. The van der Waals surface area contributed by atoms with Crippen LogP contribution in [0.2, 0.25) is 0 Å². The van der Waals surface area contributed by atoms with Crippen LogP contribution in [0.3, 0.4) is 0 Å². The fraction of sp³-hybridized carbons (Fsp3) is 0.571. The van der Waals surface area contributed by atoms with Gasteiger partial charge in [-0.2, -0.15) is 5.26 Å². The van der Waals surface area contributed by atoms with Crippen molar-refractivity contribution in [2.24, 2.45) is 0 Å². The third kappa shape index (κ3) is 2.11. The number of rotatable bonds is 1. The molecule has 1 aliphatic carbocycles. The quantitative estimate of drug-likeness (QED) is 0.411. The summed E-state index contributed by atoms with van der Waals surface area (Å²) in [5.41, 5.74) is 0. The van der Waals surface area contributed by atoms with Gasteiger partial charge in [0.1, 0.15) is 5.40 Å². The van der Waals surface area contributed by atoms with Gasteiger partial charge in [0.2, 0.25) is 0 Å². The second-order valence-electron chi connectivity index (χ2n) is 2.11. The molecule has 0 aromatic heterocycles. The smallest absolute Gasteiger partial charge is 0.133 e. The molecule has 0 saturated heterocycles. The lowest BCUT2D eigenvalue weighted by atomic mass is 10.1. The summed E-state index contributed by atoms with van der Waals surface area (Å²) in [5, 5.41) is 10.9. The lowest BCUT2D eigenvalue weighted by molar-refractivity contribution is 0.742. The van der Waals surface area contributed by atoms with Gasteiger partial charge in [0, 0.05) is 5.25 Å². The molecule has 0 saturated carbocycles. The number of allylic oxidation sites excluding steroid dienone is 1. The van der Waals surface area contributed by atoms with Crippen LogP contribution in [-0.4, -0.2) is 5.25 Å². The normalized spacial score (nSPS) is 25.4. The van der Waals surface area contributed by atoms with Crippen LogP contribution in [0.1, 0.15) is 19.3 Å². The van der Waals surface area contributed by atoms with E-state index in [4.69, 9.17) is 5.26 Å². The molecule has 0 fully saturated rings. The summed E-state index contributed by atoms with van der Waals surface area (Å²) < 4.78 is 0. The molecule has 0 spiro atoms. The number of hydrogen-bond acceptors (Lipinski definition) is 2. The Labute approximate surface area is 59.7 Å². The maximum atomic E-state index is 8.30. The van der Waals surface area contributed by atoms with E-state index >= 15 is 0 Å². The topological polar surface area (TPSA) is 23.8 Å². The molecule has 1 rings (SSSR count). The lowest BCUT2D eigenvalue weighted by Gasteiger charge is -2.10. The molecule has 0 bridgehead atoms. The molecule has 0 aromatic rings. The molecule has 1 nitrogen and oxygen atoms in total. The summed E-state index contributed by atoms with van der Waals surface area (Å²) in [4.78, 5) is 0. The predicted molar refractivity (Wildman–Crippen MR) is 40.0 cm³/mol. The van der Waals surface area contributed by atoms with Gasteiger partial charge < -0.3 is 0 Å². The van der Waals surface area contributed by atoms with Gasteiger partial charge in [-0.1, -0.05) is 12.2 Å². The van der Waals surface area contributed by atoms with Gasteiger partial charge in [-0.05, 0) is 31.0 Å². The predicted octanol–water partition coefficient (Wildman–Crippen LogP) is 2.31. The van der Waals surface area contributed by atoms with Crippen molar-refractivity contribution in [2.45, 2.75) is 24.5 Å². The molecule has 0 N–H and O–H groups in total. The summed E-state index contributed by atoms with van der Waals surface area (Å²) in [6.07, 6.45) is 7.92. The first kappa shape index (κ1) is 6.70. The fourth-order valence-corrected chi connectivity index (χ4v) is 1.56. The number of hydrogen-bond donors (Lipinski definition) is 0. The minimum Gasteiger partial charge on any atom is -0.185 e. The molecule has 48 valence electrons. The molecular weight excluding hydrogens is 130 g/mol. The highest BCUT2D eigenvalue weighted by atomic mass is 32.2. The maximum absolute atomic E-state index is 8.30. The molecule has 0 radical (unpaired) electrons. The summed E-state index contributed by atoms with van der Waals surface area (Å²) in [6.45, 7) is 0. The summed E-state index contributed by atoms with van der Waals surface area (Å²) in [5.74, 6) is 0. The van der Waals surface area contributed by atoms with Crippen LogP contribution < -0.4 is 0 Å². The minimum atomic E-state index is 0.476. The molecule has 0 aromatic carbocycles. The van der Waals surface area contributed by atoms with Crippen LogP contribution in [0.25, 0.3) is 0 Å². The molecule has 9 heavy (non-hydrogen) atoms. The molecule has 0 aliphatic heterocycles. The Bertz CT molecular complexity index is 145. The third-order valence-electron chi connectivity index (χ3n) is 1.41. The van der Waals surface area contributed by atoms with Crippen molar-refractivity contribution in [1.82, 2.24) is 0 Å². The van der Waals surface area contributed by atoms with E-state index in [-0.39, 0.29) is 0 Å². The van der Waals surface area contributed by atoms with E-state index in [0.29, 0.717) is 5.25 Å². The number of nitriles is 1. The standard InChI is InChI=1S/C7H9NS/c8-6-9-7-4-2-1-3-5-7/h2,4,7H,1,3,5H2. The van der Waals surface area contributed by atoms with E-state index < -0.39 is 0 Å². The third-order valence-corrected chi connectivity index (χ3v) is 2.22. The van der Waals surface area contributed by atoms with Crippen molar-refractivity contribution in [3.05, 3.63) is 12.2 Å². The molecule has 1 unspecified atom stereocenters. The van der Waals surface area contributed by atoms with Crippen molar-refractivity contribution in [1.29, 1.82) is 5.26 Å². The average molecular weight is 139 g/mol. The zero-order chi connectivity index (χ0) is 6.53. The summed E-state index contributed by atoms with van der Waals surface area (Å²) >= 11 is 1.37. The maximum Gasteiger partial charge on any atom is 0.133 e. The van der Waals surface area contributed by atoms with E-state index in [2.05, 4.69) is 17.6 Å². The Balaban J connectivity index is 2.33. The number of thioether (sulfide) groups is 1. The Morgan fingerprint density at radius 2 is 2.56 bits per heavy atom. The number of thiocyanates is 1. The van der Waals surface area contributed by atoms with Gasteiger partial charge in [-0.25, -0.2) is 0 Å². The van der Waals surface area contributed by atoms with Crippen LogP contribution in [0, 0.1) is 10.7 Å². The van der Waals surface area contributed by atoms with Gasteiger partial charge >= 0.3 is 0 Å². The molecular formula is C7H9NS. The zero-order valence-corrected chi connectivity index (χ0v) is 6.03. The lowest BCUT2D eigenvalue weighted by Crippen LogP contribution is -2.00. The van der Waals surface area contributed by atoms with Crippen LogP contribution in [0.4, 0.5) is 0 Å². The Kier molecular flexibility index (Phi) is 2.66. The Morgan fingerprint density at radius 1 is 1.67 bits per heavy atom. The summed E-state index contributed by atoms with van der Waals surface area (Å²) in [7, 11) is 0. The van der Waals surface area contributed by atoms with Crippen LogP contribution in [-0.2, 0) is 0 Å². The van der Waals surface area contributed by atoms with E-state index in [1.807, 2.05) is 0 Å². The molecule has 1 aliphatic rings. The van der Waals surface area contributed by atoms with Gasteiger partial charge in [0.25, 0.3) is 0 Å². The Hall–Kier alpha value is -0.420. The van der Waals surface area contributed by atoms with Gasteiger partial charge in [0.05, 0.1) is 0 Å². The second kappa shape index (κ2) is 3.58. The average Bonchev–Trinajstić information content (AvgIpc) is 1.91. The van der Waals surface area contributed by atoms with E-state index in [0.717, 1.165) is 0 Å². The largest absolute Gasteiger partial charge is 0.185 e. The van der Waals surface area contributed by atoms with Crippen LogP contribution >= 0.6 is 11.8 Å². The van der Waals surface area contributed by atoms with E-state index in [9.17, 15) is 0 Å². The van der Waals surface area contributed by atoms with Crippen molar-refractivity contribution < 1.29 is 0 Å². The molecule has 2 heteroatoms. The first-order chi connectivity index (χ1) is 4.43. The monoisotopic (exact) mass is 139 g/mol. The van der Waals surface area contributed by atoms with Crippen LogP contribution in [0.5, 0.6) is 0 Å². The SMILES string of the molecule is N#CSC1C=CCCC1. The highest BCUT2D eigenvalue weighted by Gasteiger charge is 2.06. The van der Waals surface area contributed by atoms with Gasteiger partial charge in [0.15, 0.2) is 0 Å². The van der Waals surface area contributed by atoms with Crippen molar-refractivity contribution >= 4 is 11.8 Å². The zero-order valence-electron chi connectivity index (χ0n) is 5.21. The van der Waals surface area contributed by atoms with Gasteiger partial charge in [-0.3, -0.25) is 0 Å². The highest BCUT2D eigenvalue weighted by Crippen LogP contribution is 2.21.